The van der Waals surface area contributed by atoms with Gasteiger partial charge in [0.1, 0.15) is 0 Å². The monoisotopic (exact) mass is 347 g/mol. The molecule has 5 nitrogen and oxygen atoms in total. The third-order valence-corrected chi connectivity index (χ3v) is 5.52. The second kappa shape index (κ2) is 6.56. The minimum atomic E-state index is -0.232. The maximum absolute atomic E-state index is 4.49. The number of rotatable bonds is 4. The van der Waals surface area contributed by atoms with E-state index in [1.807, 2.05) is 4.68 Å². The van der Waals surface area contributed by atoms with Gasteiger partial charge in [-0.15, -0.1) is 5.10 Å². The van der Waals surface area contributed by atoms with Gasteiger partial charge in [0, 0.05) is 5.69 Å². The molecule has 1 heterocycles. The maximum Gasteiger partial charge on any atom is 0.181 e. The molecule has 4 rings (SSSR count). The fraction of sp³-hybridized carbons (Fsp3) is 0.381. The number of para-hydroxylation sites is 2. The standard InChI is InChI=1S/C21H25N5/c1-15-9-4-5-12-18(15)22-21(13-6-7-14-21)20-23-24-25-26(20)19-16(2)10-8-11-17(19)3/h4-5,8-12,22H,6-7,13-14H2,1-3H3. The van der Waals surface area contributed by atoms with Crippen LogP contribution in [0, 0.1) is 20.8 Å². The zero-order valence-corrected chi connectivity index (χ0v) is 15.7. The van der Waals surface area contributed by atoms with Crippen LogP contribution in [0.15, 0.2) is 42.5 Å². The van der Waals surface area contributed by atoms with Crippen LogP contribution >= 0.6 is 0 Å². The van der Waals surface area contributed by atoms with Crippen LogP contribution in [-0.4, -0.2) is 20.2 Å². The van der Waals surface area contributed by atoms with Crippen LogP contribution in [0.3, 0.4) is 0 Å². The van der Waals surface area contributed by atoms with Gasteiger partial charge in [0.25, 0.3) is 0 Å². The number of nitrogens with one attached hydrogen (secondary N) is 1. The van der Waals surface area contributed by atoms with E-state index in [4.69, 9.17) is 0 Å². The van der Waals surface area contributed by atoms with Crippen LogP contribution in [-0.2, 0) is 5.54 Å². The lowest BCUT2D eigenvalue weighted by Gasteiger charge is -2.31. The molecule has 26 heavy (non-hydrogen) atoms. The molecule has 0 saturated heterocycles. The number of tetrazole rings is 1. The summed E-state index contributed by atoms with van der Waals surface area (Å²) in [5, 5.41) is 16.7. The predicted molar refractivity (Wildman–Crippen MR) is 104 cm³/mol. The lowest BCUT2D eigenvalue weighted by molar-refractivity contribution is 0.460. The molecule has 0 amide bonds. The molecule has 0 atom stereocenters. The number of nitrogens with zero attached hydrogens (tertiary/aromatic N) is 4. The van der Waals surface area contributed by atoms with Gasteiger partial charge in [-0.25, -0.2) is 0 Å². The van der Waals surface area contributed by atoms with E-state index < -0.39 is 0 Å². The quantitative estimate of drug-likeness (QED) is 0.756. The molecule has 1 aliphatic carbocycles. The largest absolute Gasteiger partial charge is 0.372 e. The average Bonchev–Trinajstić information content (AvgIpc) is 3.27. The molecule has 134 valence electrons. The first kappa shape index (κ1) is 16.8. The smallest absolute Gasteiger partial charge is 0.181 e. The summed E-state index contributed by atoms with van der Waals surface area (Å²) in [7, 11) is 0. The zero-order chi connectivity index (χ0) is 18.1. The van der Waals surface area contributed by atoms with Gasteiger partial charge < -0.3 is 5.32 Å². The van der Waals surface area contributed by atoms with Crippen molar-refractivity contribution in [2.24, 2.45) is 0 Å². The molecule has 0 unspecified atom stereocenters. The first-order valence-electron chi connectivity index (χ1n) is 9.30. The van der Waals surface area contributed by atoms with E-state index in [1.54, 1.807) is 0 Å². The Balaban J connectivity index is 1.83. The summed E-state index contributed by atoms with van der Waals surface area (Å²) in [5.74, 6) is 0.913. The number of aromatic nitrogens is 4. The minimum absolute atomic E-state index is 0.232. The summed E-state index contributed by atoms with van der Waals surface area (Å²) in [5.41, 5.74) is 5.62. The summed E-state index contributed by atoms with van der Waals surface area (Å²) in [6.07, 6.45) is 4.43. The lowest BCUT2D eigenvalue weighted by Crippen LogP contribution is -2.36. The minimum Gasteiger partial charge on any atom is -0.372 e. The molecular weight excluding hydrogens is 322 g/mol. The highest BCUT2D eigenvalue weighted by atomic mass is 15.6. The number of anilines is 1. The molecule has 0 bridgehead atoms. The van der Waals surface area contributed by atoms with Crippen LogP contribution in [0.2, 0.25) is 0 Å². The normalized spacial score (nSPS) is 16.0. The predicted octanol–water partition coefficient (Wildman–Crippen LogP) is 4.47. The van der Waals surface area contributed by atoms with Gasteiger partial charge >= 0.3 is 0 Å². The summed E-state index contributed by atoms with van der Waals surface area (Å²) >= 11 is 0. The summed E-state index contributed by atoms with van der Waals surface area (Å²) < 4.78 is 1.95. The van der Waals surface area contributed by atoms with Gasteiger partial charge in [-0.1, -0.05) is 49.2 Å². The van der Waals surface area contributed by atoms with Crippen molar-refractivity contribution in [2.45, 2.75) is 52.0 Å². The number of aryl methyl sites for hydroxylation is 3. The Morgan fingerprint density at radius 3 is 2.23 bits per heavy atom. The van der Waals surface area contributed by atoms with Crippen molar-refractivity contribution in [3.8, 4) is 5.69 Å². The molecule has 1 aliphatic rings. The third-order valence-electron chi connectivity index (χ3n) is 5.52. The van der Waals surface area contributed by atoms with Crippen molar-refractivity contribution in [3.63, 3.8) is 0 Å². The van der Waals surface area contributed by atoms with Crippen LogP contribution in [0.25, 0.3) is 5.69 Å². The van der Waals surface area contributed by atoms with Crippen LogP contribution in [0.5, 0.6) is 0 Å². The lowest BCUT2D eigenvalue weighted by atomic mass is 9.94. The highest BCUT2D eigenvalue weighted by Gasteiger charge is 2.41. The van der Waals surface area contributed by atoms with Crippen molar-refractivity contribution in [1.82, 2.24) is 20.2 Å². The first-order valence-corrected chi connectivity index (χ1v) is 9.30. The molecule has 1 saturated carbocycles. The van der Waals surface area contributed by atoms with Crippen molar-refractivity contribution in [2.75, 3.05) is 5.32 Å². The number of hydrogen-bond acceptors (Lipinski definition) is 4. The van der Waals surface area contributed by atoms with Crippen LogP contribution < -0.4 is 5.32 Å². The van der Waals surface area contributed by atoms with Gasteiger partial charge in [-0.05, 0) is 66.8 Å². The molecule has 1 N–H and O–H groups in total. The highest BCUT2D eigenvalue weighted by molar-refractivity contribution is 5.54. The molecule has 0 radical (unpaired) electrons. The molecule has 3 aromatic rings. The van der Waals surface area contributed by atoms with E-state index in [-0.39, 0.29) is 5.54 Å². The van der Waals surface area contributed by atoms with E-state index in [0.717, 1.165) is 30.0 Å². The van der Waals surface area contributed by atoms with Crippen molar-refractivity contribution < 1.29 is 0 Å². The molecule has 0 aliphatic heterocycles. The zero-order valence-electron chi connectivity index (χ0n) is 15.7. The maximum atomic E-state index is 4.49. The fourth-order valence-electron chi connectivity index (χ4n) is 4.13. The van der Waals surface area contributed by atoms with Crippen molar-refractivity contribution in [3.05, 3.63) is 65.0 Å². The van der Waals surface area contributed by atoms with E-state index >= 15 is 0 Å². The topological polar surface area (TPSA) is 55.6 Å². The second-order valence-electron chi connectivity index (χ2n) is 7.38. The fourth-order valence-corrected chi connectivity index (χ4v) is 4.13. The van der Waals surface area contributed by atoms with E-state index in [0.29, 0.717) is 0 Å². The number of hydrogen-bond donors (Lipinski definition) is 1. The summed E-state index contributed by atoms with van der Waals surface area (Å²) in [6.45, 7) is 6.37. The summed E-state index contributed by atoms with van der Waals surface area (Å²) in [4.78, 5) is 0. The Morgan fingerprint density at radius 2 is 1.54 bits per heavy atom. The SMILES string of the molecule is Cc1ccccc1NC1(c2nnnn2-c2c(C)cccc2C)CCCC1. The Labute approximate surface area is 154 Å². The molecule has 2 aromatic carbocycles. The molecule has 0 spiro atoms. The van der Waals surface area contributed by atoms with Gasteiger partial charge in [-0.3, -0.25) is 0 Å². The highest BCUT2D eigenvalue weighted by Crippen LogP contribution is 2.42. The third kappa shape index (κ3) is 2.77. The molecule has 1 aromatic heterocycles. The Bertz CT molecular complexity index is 901. The van der Waals surface area contributed by atoms with Crippen molar-refractivity contribution in [1.29, 1.82) is 0 Å². The number of benzene rings is 2. The van der Waals surface area contributed by atoms with Crippen LogP contribution in [0.4, 0.5) is 5.69 Å². The van der Waals surface area contributed by atoms with Crippen LogP contribution in [0.1, 0.15) is 48.2 Å². The Kier molecular flexibility index (Phi) is 4.23. The van der Waals surface area contributed by atoms with Gasteiger partial charge in [-0.2, -0.15) is 4.68 Å². The second-order valence-corrected chi connectivity index (χ2v) is 7.38. The van der Waals surface area contributed by atoms with Gasteiger partial charge in [0.05, 0.1) is 11.2 Å². The van der Waals surface area contributed by atoms with E-state index in [1.165, 1.54) is 29.5 Å². The van der Waals surface area contributed by atoms with Crippen molar-refractivity contribution >= 4 is 5.69 Å². The molecule has 5 heteroatoms. The van der Waals surface area contributed by atoms with Gasteiger partial charge in [0.2, 0.25) is 0 Å². The van der Waals surface area contributed by atoms with Gasteiger partial charge in [0.15, 0.2) is 5.82 Å². The average molecular weight is 347 g/mol. The molecular formula is C21H25N5. The Morgan fingerprint density at radius 1 is 0.885 bits per heavy atom. The first-order chi connectivity index (χ1) is 12.6. The van der Waals surface area contributed by atoms with E-state index in [2.05, 4.69) is 84.1 Å². The molecule has 1 fully saturated rings. The Hall–Kier alpha value is -2.69. The summed E-state index contributed by atoms with van der Waals surface area (Å²) in [6, 6.07) is 14.7. The van der Waals surface area contributed by atoms with E-state index in [9.17, 15) is 0 Å².